The van der Waals surface area contributed by atoms with E-state index in [4.69, 9.17) is 5.73 Å². The highest BCUT2D eigenvalue weighted by molar-refractivity contribution is 5.95. The van der Waals surface area contributed by atoms with Crippen molar-refractivity contribution >= 4 is 16.6 Å². The lowest BCUT2D eigenvalue weighted by Gasteiger charge is -2.07. The van der Waals surface area contributed by atoms with Gasteiger partial charge in [0.1, 0.15) is 0 Å². The van der Waals surface area contributed by atoms with Crippen LogP contribution in [0.25, 0.3) is 22.2 Å². The van der Waals surface area contributed by atoms with Crippen LogP contribution in [0, 0.1) is 0 Å². The molecule has 0 aliphatic rings. The van der Waals surface area contributed by atoms with E-state index >= 15 is 0 Å². The standard InChI is InChI=1S/C14H11N3/c15-12-5-3-8-17-14(12)11-7-9-16-13-6-2-1-4-10(11)13/h1-9H,15H2. The van der Waals surface area contributed by atoms with Crippen molar-refractivity contribution in [2.45, 2.75) is 0 Å². The van der Waals surface area contributed by atoms with E-state index < -0.39 is 0 Å². The van der Waals surface area contributed by atoms with Crippen LogP contribution in [-0.4, -0.2) is 9.97 Å². The molecule has 3 nitrogen and oxygen atoms in total. The Morgan fingerprint density at radius 2 is 1.71 bits per heavy atom. The van der Waals surface area contributed by atoms with E-state index in [9.17, 15) is 0 Å². The smallest absolute Gasteiger partial charge is 0.0938 e. The maximum atomic E-state index is 5.96. The number of nitrogens with zero attached hydrogens (tertiary/aromatic N) is 2. The number of benzene rings is 1. The minimum Gasteiger partial charge on any atom is -0.397 e. The molecule has 0 aliphatic heterocycles. The van der Waals surface area contributed by atoms with Gasteiger partial charge in [-0.1, -0.05) is 18.2 Å². The summed E-state index contributed by atoms with van der Waals surface area (Å²) < 4.78 is 0. The minimum atomic E-state index is 0.684. The number of fused-ring (bicyclic) bond motifs is 1. The fourth-order valence-corrected chi connectivity index (χ4v) is 1.95. The fourth-order valence-electron chi connectivity index (χ4n) is 1.95. The third kappa shape index (κ3) is 1.61. The third-order valence-corrected chi connectivity index (χ3v) is 2.74. The number of pyridine rings is 2. The SMILES string of the molecule is Nc1cccnc1-c1ccnc2ccccc12. The molecule has 0 amide bonds. The number of hydrogen-bond acceptors (Lipinski definition) is 3. The highest BCUT2D eigenvalue weighted by Gasteiger charge is 2.07. The summed E-state index contributed by atoms with van der Waals surface area (Å²) in [6.07, 6.45) is 3.53. The van der Waals surface area contributed by atoms with Gasteiger partial charge in [0.05, 0.1) is 16.9 Å². The van der Waals surface area contributed by atoms with Crippen molar-refractivity contribution in [3.05, 3.63) is 54.9 Å². The van der Waals surface area contributed by atoms with E-state index in [-0.39, 0.29) is 0 Å². The molecule has 0 unspecified atom stereocenters. The van der Waals surface area contributed by atoms with Crippen molar-refractivity contribution in [2.75, 3.05) is 5.73 Å². The van der Waals surface area contributed by atoms with Crippen LogP contribution >= 0.6 is 0 Å². The summed E-state index contributed by atoms with van der Waals surface area (Å²) in [5, 5.41) is 1.07. The van der Waals surface area contributed by atoms with Gasteiger partial charge in [-0.15, -0.1) is 0 Å². The molecule has 3 aromatic rings. The van der Waals surface area contributed by atoms with E-state index in [1.54, 1.807) is 12.4 Å². The Bertz CT molecular complexity index is 672. The number of hydrogen-bond donors (Lipinski definition) is 1. The maximum absolute atomic E-state index is 5.96. The van der Waals surface area contributed by atoms with Gasteiger partial charge in [0.2, 0.25) is 0 Å². The Hall–Kier alpha value is -2.42. The number of aromatic nitrogens is 2. The van der Waals surface area contributed by atoms with Crippen molar-refractivity contribution in [2.24, 2.45) is 0 Å². The van der Waals surface area contributed by atoms with E-state index in [0.29, 0.717) is 5.69 Å². The van der Waals surface area contributed by atoms with E-state index in [2.05, 4.69) is 9.97 Å². The highest BCUT2D eigenvalue weighted by atomic mass is 14.7. The van der Waals surface area contributed by atoms with Gasteiger partial charge in [0.25, 0.3) is 0 Å². The Kier molecular flexibility index (Phi) is 2.22. The zero-order valence-corrected chi connectivity index (χ0v) is 9.17. The van der Waals surface area contributed by atoms with Crippen LogP contribution in [0.2, 0.25) is 0 Å². The summed E-state index contributed by atoms with van der Waals surface area (Å²) in [5.74, 6) is 0. The first-order valence-corrected chi connectivity index (χ1v) is 5.41. The number of nitrogen functional groups attached to an aromatic ring is 1. The average Bonchev–Trinajstić information content (AvgIpc) is 2.39. The van der Waals surface area contributed by atoms with E-state index in [1.165, 1.54) is 0 Å². The van der Waals surface area contributed by atoms with Crippen LogP contribution in [0.4, 0.5) is 5.69 Å². The molecule has 2 N–H and O–H groups in total. The molecule has 2 heterocycles. The number of anilines is 1. The average molecular weight is 221 g/mol. The fraction of sp³-hybridized carbons (Fsp3) is 0. The second kappa shape index (κ2) is 3.87. The molecule has 0 aliphatic carbocycles. The maximum Gasteiger partial charge on any atom is 0.0938 e. The second-order valence-corrected chi connectivity index (χ2v) is 3.82. The molecule has 82 valence electrons. The van der Waals surface area contributed by atoms with Crippen LogP contribution in [0.1, 0.15) is 0 Å². The minimum absolute atomic E-state index is 0.684. The number of para-hydroxylation sites is 1. The van der Waals surface area contributed by atoms with E-state index in [0.717, 1.165) is 22.2 Å². The Balaban J connectivity index is 2.35. The molecule has 3 heteroatoms. The van der Waals surface area contributed by atoms with Crippen LogP contribution in [0.5, 0.6) is 0 Å². The molecule has 0 bridgehead atoms. The zero-order chi connectivity index (χ0) is 11.7. The van der Waals surface area contributed by atoms with Gasteiger partial charge in [-0.25, -0.2) is 0 Å². The van der Waals surface area contributed by atoms with Gasteiger partial charge in [-0.2, -0.15) is 0 Å². The zero-order valence-electron chi connectivity index (χ0n) is 9.17. The second-order valence-electron chi connectivity index (χ2n) is 3.82. The summed E-state index contributed by atoms with van der Waals surface area (Å²) in [7, 11) is 0. The lowest BCUT2D eigenvalue weighted by atomic mass is 10.0. The van der Waals surface area contributed by atoms with Gasteiger partial charge >= 0.3 is 0 Å². The molecule has 0 saturated carbocycles. The van der Waals surface area contributed by atoms with Crippen LogP contribution in [0.15, 0.2) is 54.9 Å². The predicted octanol–water partition coefficient (Wildman–Crippen LogP) is 2.88. The van der Waals surface area contributed by atoms with Crippen molar-refractivity contribution in [1.29, 1.82) is 0 Å². The molecular weight excluding hydrogens is 210 g/mol. The molecule has 0 spiro atoms. The monoisotopic (exact) mass is 221 g/mol. The Labute approximate surface area is 98.9 Å². The molecule has 2 aromatic heterocycles. The Morgan fingerprint density at radius 3 is 2.59 bits per heavy atom. The largest absolute Gasteiger partial charge is 0.397 e. The van der Waals surface area contributed by atoms with Crippen molar-refractivity contribution in [3.8, 4) is 11.3 Å². The molecule has 3 rings (SSSR count). The van der Waals surface area contributed by atoms with Gasteiger partial charge in [-0.05, 0) is 24.3 Å². The van der Waals surface area contributed by atoms with E-state index in [1.807, 2.05) is 42.5 Å². The Morgan fingerprint density at radius 1 is 0.824 bits per heavy atom. The highest BCUT2D eigenvalue weighted by Crippen LogP contribution is 2.29. The molecule has 1 aromatic carbocycles. The molecule has 0 atom stereocenters. The summed E-state index contributed by atoms with van der Waals surface area (Å²) in [5.41, 5.74) is 9.43. The third-order valence-electron chi connectivity index (χ3n) is 2.74. The first-order chi connectivity index (χ1) is 8.36. The lowest BCUT2D eigenvalue weighted by Crippen LogP contribution is -1.93. The first-order valence-electron chi connectivity index (χ1n) is 5.41. The molecule has 0 fully saturated rings. The van der Waals surface area contributed by atoms with Crippen molar-refractivity contribution in [1.82, 2.24) is 9.97 Å². The van der Waals surface area contributed by atoms with Crippen molar-refractivity contribution < 1.29 is 0 Å². The lowest BCUT2D eigenvalue weighted by molar-refractivity contribution is 1.32. The quantitative estimate of drug-likeness (QED) is 0.687. The number of nitrogens with two attached hydrogens (primary N) is 1. The summed E-state index contributed by atoms with van der Waals surface area (Å²) in [4.78, 5) is 8.67. The molecule has 0 saturated heterocycles. The number of rotatable bonds is 1. The predicted molar refractivity (Wildman–Crippen MR) is 69.4 cm³/mol. The summed E-state index contributed by atoms with van der Waals surface area (Å²) >= 11 is 0. The summed E-state index contributed by atoms with van der Waals surface area (Å²) in [6, 6.07) is 13.6. The normalized spacial score (nSPS) is 10.6. The topological polar surface area (TPSA) is 51.8 Å². The van der Waals surface area contributed by atoms with Crippen LogP contribution in [0.3, 0.4) is 0 Å². The van der Waals surface area contributed by atoms with Gasteiger partial charge in [0.15, 0.2) is 0 Å². The van der Waals surface area contributed by atoms with Gasteiger partial charge in [-0.3, -0.25) is 9.97 Å². The van der Waals surface area contributed by atoms with Gasteiger partial charge < -0.3 is 5.73 Å². The summed E-state index contributed by atoms with van der Waals surface area (Å²) in [6.45, 7) is 0. The molecule has 0 radical (unpaired) electrons. The first kappa shape index (κ1) is 9.78. The van der Waals surface area contributed by atoms with Crippen molar-refractivity contribution in [3.63, 3.8) is 0 Å². The molecular formula is C14H11N3. The van der Waals surface area contributed by atoms with Gasteiger partial charge in [0, 0.05) is 23.3 Å². The van der Waals surface area contributed by atoms with Crippen LogP contribution < -0.4 is 5.73 Å². The molecule has 17 heavy (non-hydrogen) atoms. The van der Waals surface area contributed by atoms with Crippen LogP contribution in [-0.2, 0) is 0 Å².